The molecule has 1 rings (SSSR count). The fourth-order valence-electron chi connectivity index (χ4n) is 2.77. The Labute approximate surface area is 127 Å². The van der Waals surface area contributed by atoms with Gasteiger partial charge in [-0.25, -0.2) is 13.1 Å². The van der Waals surface area contributed by atoms with Crippen molar-refractivity contribution in [3.05, 3.63) is 0 Å². The quantitative estimate of drug-likeness (QED) is 0.615. The zero-order valence-corrected chi connectivity index (χ0v) is 13.8. The molecule has 1 aliphatic rings. The van der Waals surface area contributed by atoms with Gasteiger partial charge >= 0.3 is 0 Å². The molecule has 1 amide bonds. The van der Waals surface area contributed by atoms with Gasteiger partial charge in [0.1, 0.15) is 0 Å². The van der Waals surface area contributed by atoms with Crippen LogP contribution in [0.25, 0.3) is 0 Å². The standard InChI is InChI=1S/C14H28N2O4S/c1-3-9-21(19,20)16-12(2)13(18)15-10-14(11-17)7-5-4-6-8-14/h12,16-17H,3-11H2,1-2H3,(H,15,18). The van der Waals surface area contributed by atoms with Crippen molar-refractivity contribution in [1.29, 1.82) is 0 Å². The highest BCUT2D eigenvalue weighted by atomic mass is 32.2. The third-order valence-corrected chi connectivity index (χ3v) is 5.77. The predicted octanol–water partition coefficient (Wildman–Crippen LogP) is 0.763. The van der Waals surface area contributed by atoms with E-state index in [4.69, 9.17) is 0 Å². The Morgan fingerprint density at radius 3 is 2.43 bits per heavy atom. The molecule has 0 aromatic carbocycles. The van der Waals surface area contributed by atoms with Crippen LogP contribution < -0.4 is 10.0 Å². The lowest BCUT2D eigenvalue weighted by Crippen LogP contribution is -2.49. The highest BCUT2D eigenvalue weighted by Crippen LogP contribution is 2.35. The largest absolute Gasteiger partial charge is 0.396 e. The van der Waals surface area contributed by atoms with Crippen LogP contribution in [-0.4, -0.2) is 44.4 Å². The molecule has 0 bridgehead atoms. The van der Waals surface area contributed by atoms with Crippen LogP contribution in [0.5, 0.6) is 0 Å². The summed E-state index contributed by atoms with van der Waals surface area (Å²) >= 11 is 0. The second-order valence-corrected chi connectivity index (χ2v) is 7.97. The fraction of sp³-hybridized carbons (Fsp3) is 0.929. The first-order chi connectivity index (χ1) is 9.84. The number of amides is 1. The number of rotatable bonds is 8. The van der Waals surface area contributed by atoms with Gasteiger partial charge < -0.3 is 10.4 Å². The van der Waals surface area contributed by atoms with Crippen molar-refractivity contribution in [1.82, 2.24) is 10.0 Å². The fourth-order valence-corrected chi connectivity index (χ4v) is 4.07. The van der Waals surface area contributed by atoms with Crippen molar-refractivity contribution >= 4 is 15.9 Å². The molecule has 7 heteroatoms. The lowest BCUT2D eigenvalue weighted by Gasteiger charge is -2.36. The van der Waals surface area contributed by atoms with E-state index in [9.17, 15) is 18.3 Å². The van der Waals surface area contributed by atoms with Gasteiger partial charge in [-0.1, -0.05) is 26.2 Å². The Balaban J connectivity index is 2.48. The number of aliphatic hydroxyl groups is 1. The molecule has 21 heavy (non-hydrogen) atoms. The average molecular weight is 320 g/mol. The van der Waals surface area contributed by atoms with E-state index >= 15 is 0 Å². The van der Waals surface area contributed by atoms with Crippen molar-refractivity contribution < 1.29 is 18.3 Å². The normalized spacial score (nSPS) is 20.0. The highest BCUT2D eigenvalue weighted by molar-refractivity contribution is 7.89. The minimum Gasteiger partial charge on any atom is -0.396 e. The first-order valence-electron chi connectivity index (χ1n) is 7.73. The smallest absolute Gasteiger partial charge is 0.237 e. The Morgan fingerprint density at radius 1 is 1.29 bits per heavy atom. The molecular formula is C14H28N2O4S. The van der Waals surface area contributed by atoms with Gasteiger partial charge in [-0.15, -0.1) is 0 Å². The van der Waals surface area contributed by atoms with Gasteiger partial charge in [0, 0.05) is 12.0 Å². The molecule has 1 saturated carbocycles. The van der Waals surface area contributed by atoms with E-state index in [0.29, 0.717) is 13.0 Å². The molecule has 0 spiro atoms. The first kappa shape index (κ1) is 18.4. The van der Waals surface area contributed by atoms with Gasteiger partial charge in [0.25, 0.3) is 0 Å². The minimum atomic E-state index is -3.40. The van der Waals surface area contributed by atoms with Gasteiger partial charge in [-0.05, 0) is 26.2 Å². The third-order valence-electron chi connectivity index (χ3n) is 4.11. The van der Waals surface area contributed by atoms with E-state index in [0.717, 1.165) is 25.7 Å². The van der Waals surface area contributed by atoms with Gasteiger partial charge in [0.15, 0.2) is 0 Å². The first-order valence-corrected chi connectivity index (χ1v) is 9.38. The Morgan fingerprint density at radius 2 is 1.90 bits per heavy atom. The maximum atomic E-state index is 12.0. The van der Waals surface area contributed by atoms with E-state index in [2.05, 4.69) is 10.0 Å². The average Bonchev–Trinajstić information content (AvgIpc) is 2.45. The molecule has 1 atom stereocenters. The SMILES string of the molecule is CCCS(=O)(=O)NC(C)C(=O)NCC1(CO)CCCCC1. The Kier molecular flexibility index (Phi) is 7.09. The van der Waals surface area contributed by atoms with Gasteiger partial charge in [-0.3, -0.25) is 4.79 Å². The van der Waals surface area contributed by atoms with E-state index in [1.807, 2.05) is 0 Å². The van der Waals surface area contributed by atoms with Gasteiger partial charge in [0.05, 0.1) is 18.4 Å². The van der Waals surface area contributed by atoms with Crippen molar-refractivity contribution in [3.63, 3.8) is 0 Å². The summed E-state index contributed by atoms with van der Waals surface area (Å²) in [5.74, 6) is -0.321. The number of sulfonamides is 1. The van der Waals surface area contributed by atoms with Crippen LogP contribution in [-0.2, 0) is 14.8 Å². The number of nitrogens with one attached hydrogen (secondary N) is 2. The van der Waals surface area contributed by atoms with Crippen molar-refractivity contribution in [2.24, 2.45) is 5.41 Å². The van der Waals surface area contributed by atoms with Crippen LogP contribution >= 0.6 is 0 Å². The molecule has 0 heterocycles. The van der Waals surface area contributed by atoms with E-state index < -0.39 is 16.1 Å². The second kappa shape index (κ2) is 8.10. The van der Waals surface area contributed by atoms with E-state index in [1.165, 1.54) is 13.3 Å². The number of carbonyl (C=O) groups is 1. The maximum absolute atomic E-state index is 12.0. The second-order valence-electron chi connectivity index (χ2n) is 6.09. The minimum absolute atomic E-state index is 0.0190. The summed E-state index contributed by atoms with van der Waals surface area (Å²) < 4.78 is 25.7. The summed E-state index contributed by atoms with van der Waals surface area (Å²) in [6, 6.07) is -0.791. The van der Waals surface area contributed by atoms with Crippen LogP contribution in [0, 0.1) is 5.41 Å². The lowest BCUT2D eigenvalue weighted by molar-refractivity contribution is -0.123. The topological polar surface area (TPSA) is 95.5 Å². The molecule has 1 aliphatic carbocycles. The van der Waals surface area contributed by atoms with Gasteiger partial charge in [-0.2, -0.15) is 0 Å². The number of hydrogen-bond donors (Lipinski definition) is 3. The molecular weight excluding hydrogens is 292 g/mol. The lowest BCUT2D eigenvalue weighted by atomic mass is 9.74. The monoisotopic (exact) mass is 320 g/mol. The van der Waals surface area contributed by atoms with Crippen LogP contribution in [0.15, 0.2) is 0 Å². The van der Waals surface area contributed by atoms with Crippen LogP contribution in [0.1, 0.15) is 52.4 Å². The molecule has 0 radical (unpaired) electrons. The third kappa shape index (κ3) is 5.92. The maximum Gasteiger partial charge on any atom is 0.237 e. The summed E-state index contributed by atoms with van der Waals surface area (Å²) in [5.41, 5.74) is -0.240. The van der Waals surface area contributed by atoms with Crippen LogP contribution in [0.3, 0.4) is 0 Å². The van der Waals surface area contributed by atoms with Crippen LogP contribution in [0.2, 0.25) is 0 Å². The molecule has 3 N–H and O–H groups in total. The Bertz CT molecular complexity index is 430. The van der Waals surface area contributed by atoms with Crippen LogP contribution in [0.4, 0.5) is 0 Å². The van der Waals surface area contributed by atoms with E-state index in [-0.39, 0.29) is 23.7 Å². The highest BCUT2D eigenvalue weighted by Gasteiger charge is 2.32. The zero-order chi connectivity index (χ0) is 15.9. The number of hydrogen-bond acceptors (Lipinski definition) is 4. The summed E-state index contributed by atoms with van der Waals surface area (Å²) in [5, 5.41) is 12.4. The summed E-state index contributed by atoms with van der Waals surface area (Å²) in [7, 11) is -3.40. The molecule has 0 saturated heterocycles. The molecule has 6 nitrogen and oxygen atoms in total. The molecule has 0 aliphatic heterocycles. The van der Waals surface area contributed by atoms with Crippen molar-refractivity contribution in [2.45, 2.75) is 58.4 Å². The van der Waals surface area contributed by atoms with Crippen molar-refractivity contribution in [2.75, 3.05) is 18.9 Å². The Hall–Kier alpha value is -0.660. The number of carbonyl (C=O) groups excluding carboxylic acids is 1. The molecule has 0 aromatic rings. The molecule has 124 valence electrons. The van der Waals surface area contributed by atoms with Crippen molar-refractivity contribution in [3.8, 4) is 0 Å². The summed E-state index contributed by atoms with van der Waals surface area (Å²) in [4.78, 5) is 12.0. The number of aliphatic hydroxyl groups excluding tert-OH is 1. The molecule has 1 fully saturated rings. The predicted molar refractivity (Wildman–Crippen MR) is 82.3 cm³/mol. The zero-order valence-electron chi connectivity index (χ0n) is 13.0. The summed E-state index contributed by atoms with van der Waals surface area (Å²) in [6.45, 7) is 3.78. The van der Waals surface area contributed by atoms with E-state index in [1.54, 1.807) is 6.92 Å². The van der Waals surface area contributed by atoms with Gasteiger partial charge in [0.2, 0.25) is 15.9 Å². The molecule has 1 unspecified atom stereocenters. The summed E-state index contributed by atoms with van der Waals surface area (Å²) in [6.07, 6.45) is 5.61. The molecule has 0 aromatic heterocycles.